The van der Waals surface area contributed by atoms with E-state index in [2.05, 4.69) is 26.8 Å². The first-order chi connectivity index (χ1) is 11.0. The van der Waals surface area contributed by atoms with Gasteiger partial charge in [0.2, 0.25) is 0 Å². The van der Waals surface area contributed by atoms with Gasteiger partial charge in [0, 0.05) is 6.61 Å². The highest BCUT2D eigenvalue weighted by Crippen LogP contribution is 2.67. The Morgan fingerprint density at radius 2 is 1.96 bits per heavy atom. The van der Waals surface area contributed by atoms with Gasteiger partial charge in [-0.1, -0.05) is 32.4 Å². The van der Waals surface area contributed by atoms with Gasteiger partial charge in [-0.2, -0.15) is 0 Å². The molecular formula is C22H36O. The van der Waals surface area contributed by atoms with Crippen LogP contribution in [0.25, 0.3) is 0 Å². The molecule has 1 heteroatoms. The normalized spacial score (nSPS) is 52.3. The van der Waals surface area contributed by atoms with Gasteiger partial charge in [-0.15, -0.1) is 0 Å². The van der Waals surface area contributed by atoms with Crippen LogP contribution in [-0.2, 0) is 0 Å². The van der Waals surface area contributed by atoms with Crippen LogP contribution in [0, 0.1) is 40.4 Å². The third-order valence-electron chi connectivity index (χ3n) is 8.95. The van der Waals surface area contributed by atoms with Gasteiger partial charge in [-0.05, 0) is 98.2 Å². The maximum Gasteiger partial charge on any atom is 0.0433 e. The molecular weight excluding hydrogens is 280 g/mol. The molecule has 1 N–H and O–H groups in total. The molecule has 0 radical (unpaired) electrons. The summed E-state index contributed by atoms with van der Waals surface area (Å²) in [7, 11) is 0. The SMILES string of the molecule is CC1CC=C2CC[C@H]3[C@@H]4CC[C@H](CCO)[C@@]4(C)CC[C@@H]3[C@@]2(C)C1. The number of aliphatic hydroxyl groups excluding tert-OH is 1. The van der Waals surface area contributed by atoms with E-state index in [9.17, 15) is 5.11 Å². The van der Waals surface area contributed by atoms with Crippen molar-refractivity contribution in [3.05, 3.63) is 11.6 Å². The molecule has 0 amide bonds. The van der Waals surface area contributed by atoms with E-state index in [1.807, 2.05) is 5.57 Å². The van der Waals surface area contributed by atoms with E-state index in [-0.39, 0.29) is 0 Å². The van der Waals surface area contributed by atoms with Crippen LogP contribution in [0.15, 0.2) is 11.6 Å². The quantitative estimate of drug-likeness (QED) is 0.659. The Morgan fingerprint density at radius 1 is 1.13 bits per heavy atom. The molecule has 0 aromatic carbocycles. The fraction of sp³-hybridized carbons (Fsp3) is 0.909. The third-order valence-corrected chi connectivity index (χ3v) is 8.95. The van der Waals surface area contributed by atoms with Crippen molar-refractivity contribution in [1.82, 2.24) is 0 Å². The average molecular weight is 317 g/mol. The van der Waals surface area contributed by atoms with Crippen molar-refractivity contribution in [2.24, 2.45) is 40.4 Å². The van der Waals surface area contributed by atoms with E-state index in [1.54, 1.807) is 0 Å². The number of rotatable bonds is 2. The molecule has 4 rings (SSSR count). The maximum absolute atomic E-state index is 9.48. The second-order valence-electron chi connectivity index (χ2n) is 9.94. The van der Waals surface area contributed by atoms with Crippen molar-refractivity contribution in [3.63, 3.8) is 0 Å². The van der Waals surface area contributed by atoms with Gasteiger partial charge in [0.05, 0.1) is 0 Å². The molecule has 0 heterocycles. The van der Waals surface area contributed by atoms with E-state index in [1.165, 1.54) is 51.4 Å². The number of hydrogen-bond donors (Lipinski definition) is 1. The Balaban J connectivity index is 1.62. The third kappa shape index (κ3) is 2.29. The lowest BCUT2D eigenvalue weighted by molar-refractivity contribution is -0.0575. The van der Waals surface area contributed by atoms with Crippen molar-refractivity contribution >= 4 is 0 Å². The predicted molar refractivity (Wildman–Crippen MR) is 96.1 cm³/mol. The van der Waals surface area contributed by atoms with E-state index in [0.29, 0.717) is 17.4 Å². The lowest BCUT2D eigenvalue weighted by Crippen LogP contribution is -2.50. The van der Waals surface area contributed by atoms with Gasteiger partial charge < -0.3 is 5.11 Å². The van der Waals surface area contributed by atoms with Crippen molar-refractivity contribution in [1.29, 1.82) is 0 Å². The first-order valence-electron chi connectivity index (χ1n) is 10.3. The molecule has 1 unspecified atom stereocenters. The molecule has 3 fully saturated rings. The summed E-state index contributed by atoms with van der Waals surface area (Å²) in [5.41, 5.74) is 2.86. The lowest BCUT2D eigenvalue weighted by Gasteiger charge is -2.59. The monoisotopic (exact) mass is 316 g/mol. The first kappa shape index (κ1) is 16.2. The minimum absolute atomic E-state index is 0.392. The molecule has 0 aromatic rings. The van der Waals surface area contributed by atoms with E-state index in [4.69, 9.17) is 0 Å². The zero-order valence-electron chi connectivity index (χ0n) is 15.5. The Labute approximate surface area is 142 Å². The Hall–Kier alpha value is -0.300. The number of aliphatic hydroxyl groups is 1. The van der Waals surface area contributed by atoms with Gasteiger partial charge >= 0.3 is 0 Å². The molecule has 4 aliphatic carbocycles. The van der Waals surface area contributed by atoms with Crippen LogP contribution in [0.4, 0.5) is 0 Å². The minimum atomic E-state index is 0.392. The second kappa shape index (κ2) is 5.61. The molecule has 7 atom stereocenters. The molecule has 0 saturated heterocycles. The summed E-state index contributed by atoms with van der Waals surface area (Å²) in [6.45, 7) is 8.05. The smallest absolute Gasteiger partial charge is 0.0433 e. The molecule has 130 valence electrons. The summed E-state index contributed by atoms with van der Waals surface area (Å²) in [4.78, 5) is 0. The summed E-state index contributed by atoms with van der Waals surface area (Å²) in [6, 6.07) is 0. The van der Waals surface area contributed by atoms with Gasteiger partial charge in [-0.3, -0.25) is 0 Å². The highest BCUT2D eigenvalue weighted by molar-refractivity contribution is 5.24. The highest BCUT2D eigenvalue weighted by Gasteiger charge is 2.58. The van der Waals surface area contributed by atoms with Crippen molar-refractivity contribution in [3.8, 4) is 0 Å². The molecule has 23 heavy (non-hydrogen) atoms. The molecule has 0 bridgehead atoms. The van der Waals surface area contributed by atoms with E-state index >= 15 is 0 Å². The van der Waals surface area contributed by atoms with Crippen LogP contribution in [0.5, 0.6) is 0 Å². The van der Waals surface area contributed by atoms with E-state index < -0.39 is 0 Å². The number of hydrogen-bond acceptors (Lipinski definition) is 1. The van der Waals surface area contributed by atoms with Crippen LogP contribution < -0.4 is 0 Å². The Bertz CT molecular complexity index is 494. The molecule has 0 aliphatic heterocycles. The highest BCUT2D eigenvalue weighted by atomic mass is 16.3. The molecule has 3 saturated carbocycles. The molecule has 0 spiro atoms. The average Bonchev–Trinajstić information content (AvgIpc) is 2.84. The fourth-order valence-corrected chi connectivity index (χ4v) is 7.83. The fourth-order valence-electron chi connectivity index (χ4n) is 7.83. The zero-order valence-corrected chi connectivity index (χ0v) is 15.5. The summed E-state index contributed by atoms with van der Waals surface area (Å²) in [6.07, 6.45) is 14.9. The number of allylic oxidation sites excluding steroid dienone is 2. The topological polar surface area (TPSA) is 20.2 Å². The van der Waals surface area contributed by atoms with Crippen LogP contribution in [-0.4, -0.2) is 11.7 Å². The molecule has 1 nitrogen and oxygen atoms in total. The lowest BCUT2D eigenvalue weighted by atomic mass is 9.46. The molecule has 4 aliphatic rings. The van der Waals surface area contributed by atoms with Crippen LogP contribution in [0.3, 0.4) is 0 Å². The van der Waals surface area contributed by atoms with Gasteiger partial charge in [0.25, 0.3) is 0 Å². The summed E-state index contributed by atoms with van der Waals surface area (Å²) in [5, 5.41) is 9.48. The van der Waals surface area contributed by atoms with E-state index in [0.717, 1.165) is 36.0 Å². The largest absolute Gasteiger partial charge is 0.396 e. The summed E-state index contributed by atoms with van der Waals surface area (Å²) < 4.78 is 0. The van der Waals surface area contributed by atoms with Crippen LogP contribution in [0.2, 0.25) is 0 Å². The molecule has 0 aromatic heterocycles. The minimum Gasteiger partial charge on any atom is -0.396 e. The van der Waals surface area contributed by atoms with Crippen molar-refractivity contribution in [2.75, 3.05) is 6.61 Å². The maximum atomic E-state index is 9.48. The summed E-state index contributed by atoms with van der Waals surface area (Å²) >= 11 is 0. The zero-order chi connectivity index (χ0) is 16.2. The standard InChI is InChI=1S/C22H36O/c1-15-4-5-16-6-8-18-19-9-7-17(11-13-23)21(19,2)12-10-20(18)22(16,3)14-15/h5,15,17-20,23H,4,6-14H2,1-3H3/t15?,17-,18+,19+,20+,21-,22+/m1/s1. The van der Waals surface area contributed by atoms with Crippen molar-refractivity contribution in [2.45, 2.75) is 78.6 Å². The Morgan fingerprint density at radius 3 is 2.74 bits per heavy atom. The van der Waals surface area contributed by atoms with Gasteiger partial charge in [0.1, 0.15) is 0 Å². The van der Waals surface area contributed by atoms with Crippen LogP contribution >= 0.6 is 0 Å². The second-order valence-corrected chi connectivity index (χ2v) is 9.94. The first-order valence-corrected chi connectivity index (χ1v) is 10.3. The van der Waals surface area contributed by atoms with Crippen LogP contribution in [0.1, 0.15) is 78.6 Å². The van der Waals surface area contributed by atoms with Gasteiger partial charge in [0.15, 0.2) is 0 Å². The number of fused-ring (bicyclic) bond motifs is 5. The van der Waals surface area contributed by atoms with Crippen molar-refractivity contribution < 1.29 is 5.11 Å². The van der Waals surface area contributed by atoms with Gasteiger partial charge in [-0.25, -0.2) is 0 Å². The predicted octanol–water partition coefficient (Wildman–Crippen LogP) is 5.58. The summed E-state index contributed by atoms with van der Waals surface area (Å²) in [5.74, 6) is 4.50. The Kier molecular flexibility index (Phi) is 3.95.